The van der Waals surface area contributed by atoms with Gasteiger partial charge in [-0.15, -0.1) is 0 Å². The van der Waals surface area contributed by atoms with Crippen LogP contribution in [0.3, 0.4) is 0 Å². The maximum absolute atomic E-state index is 12.3. The number of aromatic nitrogens is 4. The monoisotopic (exact) mass is 361 g/mol. The van der Waals surface area contributed by atoms with Crippen molar-refractivity contribution < 1.29 is 4.79 Å². The van der Waals surface area contributed by atoms with Gasteiger partial charge >= 0.3 is 129 Å². The number of carbonyl (C=O) groups is 1. The van der Waals surface area contributed by atoms with E-state index in [2.05, 4.69) is 22.0 Å². The van der Waals surface area contributed by atoms with Crippen molar-refractivity contribution in [3.05, 3.63) is 42.0 Å². The zero-order chi connectivity index (χ0) is 14.2. The molecule has 2 heterocycles. The van der Waals surface area contributed by atoms with Gasteiger partial charge in [0.1, 0.15) is 0 Å². The Balaban J connectivity index is 1.64. The standard InChI is InChI=1S/C13H7N5OSSe/c19-13(7-1-3-10-12(5-7)18-21-17-10)14-8-2-4-9-11(6-8)16-20-15-9/h1-6H,(H,14,19). The number of anilines is 1. The molecule has 0 atom stereocenters. The normalized spacial score (nSPS) is 11.0. The minimum absolute atomic E-state index is 0.0832. The molecule has 0 bridgehead atoms. The molecule has 2 aromatic carbocycles. The Labute approximate surface area is 129 Å². The van der Waals surface area contributed by atoms with Crippen LogP contribution < -0.4 is 5.32 Å². The van der Waals surface area contributed by atoms with E-state index in [0.717, 1.165) is 33.8 Å². The average molecular weight is 360 g/mol. The van der Waals surface area contributed by atoms with E-state index >= 15 is 0 Å². The number of amides is 1. The average Bonchev–Trinajstić information content (AvgIpc) is 3.14. The van der Waals surface area contributed by atoms with Crippen LogP contribution in [0, 0.1) is 0 Å². The van der Waals surface area contributed by atoms with Crippen molar-refractivity contribution in [2.45, 2.75) is 0 Å². The SMILES string of the molecule is O=C(Nc1ccc2nsnc2c1)c1ccc2n[se]nc2c1. The number of fused-ring (bicyclic) bond motifs is 2. The van der Waals surface area contributed by atoms with Gasteiger partial charge in [-0.3, -0.25) is 0 Å². The van der Waals surface area contributed by atoms with Gasteiger partial charge in [0.05, 0.1) is 0 Å². The van der Waals surface area contributed by atoms with E-state index < -0.39 is 0 Å². The molecule has 0 saturated heterocycles. The van der Waals surface area contributed by atoms with Crippen molar-refractivity contribution in [3.8, 4) is 0 Å². The van der Waals surface area contributed by atoms with Gasteiger partial charge in [-0.25, -0.2) is 0 Å². The quantitative estimate of drug-likeness (QED) is 0.553. The summed E-state index contributed by atoms with van der Waals surface area (Å²) in [5.74, 6) is -0.171. The first-order chi connectivity index (χ1) is 10.3. The van der Waals surface area contributed by atoms with E-state index in [4.69, 9.17) is 0 Å². The van der Waals surface area contributed by atoms with Crippen LogP contribution in [-0.4, -0.2) is 37.6 Å². The third-order valence-corrected chi connectivity index (χ3v) is 4.75. The maximum atomic E-state index is 12.3. The van der Waals surface area contributed by atoms with Crippen LogP contribution in [0.5, 0.6) is 0 Å². The fraction of sp³-hybridized carbons (Fsp3) is 0. The van der Waals surface area contributed by atoms with Gasteiger partial charge in [0.2, 0.25) is 0 Å². The Morgan fingerprint density at radius 1 is 0.952 bits per heavy atom. The first kappa shape index (κ1) is 12.6. The molecule has 6 nitrogen and oxygen atoms in total. The zero-order valence-corrected chi connectivity index (χ0v) is 13.0. The third kappa shape index (κ3) is 2.33. The van der Waals surface area contributed by atoms with E-state index in [1.165, 1.54) is 0 Å². The summed E-state index contributed by atoms with van der Waals surface area (Å²) in [6, 6.07) is 10.8. The molecule has 0 aliphatic carbocycles. The molecule has 0 fully saturated rings. The molecule has 1 N–H and O–H groups in total. The predicted octanol–water partition coefficient (Wildman–Crippen LogP) is 1.94. The van der Waals surface area contributed by atoms with Crippen molar-refractivity contribution in [2.24, 2.45) is 0 Å². The number of rotatable bonds is 2. The Bertz CT molecular complexity index is 963. The van der Waals surface area contributed by atoms with Crippen molar-refractivity contribution in [1.82, 2.24) is 16.7 Å². The van der Waals surface area contributed by atoms with Gasteiger partial charge in [0, 0.05) is 0 Å². The van der Waals surface area contributed by atoms with Crippen molar-refractivity contribution >= 4 is 60.4 Å². The molecule has 4 aromatic rings. The Morgan fingerprint density at radius 2 is 1.76 bits per heavy atom. The summed E-state index contributed by atoms with van der Waals surface area (Å²) in [7, 11) is 0. The van der Waals surface area contributed by atoms with Gasteiger partial charge in [-0.05, 0) is 0 Å². The first-order valence-electron chi connectivity index (χ1n) is 6.05. The molecule has 1 amide bonds. The van der Waals surface area contributed by atoms with Crippen LogP contribution in [-0.2, 0) is 0 Å². The molecule has 4 rings (SSSR count). The number of benzene rings is 2. The second-order valence-corrected chi connectivity index (χ2v) is 6.03. The molecule has 102 valence electrons. The van der Waals surface area contributed by atoms with E-state index in [1.54, 1.807) is 12.1 Å². The molecule has 0 saturated carbocycles. The van der Waals surface area contributed by atoms with Crippen molar-refractivity contribution in [2.75, 3.05) is 5.32 Å². The Kier molecular flexibility index (Phi) is 2.99. The van der Waals surface area contributed by atoms with Crippen molar-refractivity contribution in [1.29, 1.82) is 0 Å². The van der Waals surface area contributed by atoms with E-state index in [-0.39, 0.29) is 20.9 Å². The molecule has 8 heteroatoms. The summed E-state index contributed by atoms with van der Waals surface area (Å²) in [4.78, 5) is 12.3. The van der Waals surface area contributed by atoms with E-state index in [9.17, 15) is 4.79 Å². The third-order valence-electron chi connectivity index (χ3n) is 3.03. The molecule has 21 heavy (non-hydrogen) atoms. The topological polar surface area (TPSA) is 80.7 Å². The van der Waals surface area contributed by atoms with E-state index in [0.29, 0.717) is 11.3 Å². The molecular weight excluding hydrogens is 353 g/mol. The second kappa shape index (κ2) is 5.00. The van der Waals surface area contributed by atoms with Crippen LogP contribution >= 0.6 is 11.7 Å². The van der Waals surface area contributed by atoms with Gasteiger partial charge in [0.25, 0.3) is 0 Å². The van der Waals surface area contributed by atoms with Crippen LogP contribution in [0.4, 0.5) is 5.69 Å². The van der Waals surface area contributed by atoms with Crippen LogP contribution in [0.15, 0.2) is 36.4 Å². The molecule has 0 unspecified atom stereocenters. The zero-order valence-electron chi connectivity index (χ0n) is 10.5. The fourth-order valence-electron chi connectivity index (χ4n) is 1.99. The minimum atomic E-state index is -0.171. The van der Waals surface area contributed by atoms with Crippen molar-refractivity contribution in [3.63, 3.8) is 0 Å². The number of nitrogens with zero attached hydrogens (tertiary/aromatic N) is 4. The molecule has 2 aromatic heterocycles. The Hall–Kier alpha value is -2.15. The van der Waals surface area contributed by atoms with Gasteiger partial charge in [-0.2, -0.15) is 0 Å². The summed E-state index contributed by atoms with van der Waals surface area (Å²) in [6.07, 6.45) is 0. The van der Waals surface area contributed by atoms with E-state index in [1.807, 2.05) is 24.3 Å². The fourth-order valence-corrected chi connectivity index (χ4v) is 3.59. The number of nitrogens with one attached hydrogen (secondary N) is 1. The van der Waals surface area contributed by atoms with Crippen LogP contribution in [0.2, 0.25) is 0 Å². The molecule has 0 radical (unpaired) electrons. The summed E-state index contributed by atoms with van der Waals surface area (Å²) < 4.78 is 16.8. The molecule has 0 spiro atoms. The van der Waals surface area contributed by atoms with Gasteiger partial charge in [0.15, 0.2) is 0 Å². The van der Waals surface area contributed by atoms with Crippen LogP contribution in [0.25, 0.3) is 22.1 Å². The number of hydrogen-bond acceptors (Lipinski definition) is 6. The van der Waals surface area contributed by atoms with Gasteiger partial charge < -0.3 is 0 Å². The number of carbonyl (C=O) groups excluding carboxylic acids is 1. The summed E-state index contributed by atoms with van der Waals surface area (Å²) in [5, 5.41) is 2.86. The molecular formula is C13H7N5OSSe. The predicted molar refractivity (Wildman–Crippen MR) is 81.8 cm³/mol. The van der Waals surface area contributed by atoms with Gasteiger partial charge in [-0.1, -0.05) is 0 Å². The van der Waals surface area contributed by atoms with Crippen LogP contribution in [0.1, 0.15) is 10.4 Å². The number of hydrogen-bond donors (Lipinski definition) is 1. The molecule has 0 aliphatic rings. The second-order valence-electron chi connectivity index (χ2n) is 4.39. The molecule has 0 aliphatic heterocycles. The summed E-state index contributed by atoms with van der Waals surface area (Å²) in [6.45, 7) is 0. The Morgan fingerprint density at radius 3 is 2.71 bits per heavy atom. The first-order valence-corrected chi connectivity index (χ1v) is 8.32. The summed E-state index contributed by atoms with van der Waals surface area (Å²) in [5.41, 5.74) is 4.54. The summed E-state index contributed by atoms with van der Waals surface area (Å²) >= 11 is 1.07.